The van der Waals surface area contributed by atoms with Gasteiger partial charge in [0, 0.05) is 12.8 Å². The van der Waals surface area contributed by atoms with E-state index in [1.165, 1.54) is 6.26 Å². The molecular weight excluding hydrogens is 310 g/mol. The summed E-state index contributed by atoms with van der Waals surface area (Å²) in [5.41, 5.74) is 1.99. The van der Waals surface area contributed by atoms with Gasteiger partial charge in [0.1, 0.15) is 21.7 Å². The van der Waals surface area contributed by atoms with Gasteiger partial charge in [0.25, 0.3) is 0 Å². The van der Waals surface area contributed by atoms with Gasteiger partial charge in [-0.05, 0) is 31.0 Å². The molecule has 0 aliphatic rings. The first-order valence-corrected chi connectivity index (χ1v) is 9.74. The maximum Gasteiger partial charge on any atom is 0.147 e. The van der Waals surface area contributed by atoms with E-state index in [0.717, 1.165) is 17.0 Å². The van der Waals surface area contributed by atoms with E-state index in [1.807, 2.05) is 61.5 Å². The van der Waals surface area contributed by atoms with Crippen LogP contribution in [0.3, 0.4) is 0 Å². The Hall–Kier alpha value is -2.01. The predicted molar refractivity (Wildman–Crippen MR) is 94.7 cm³/mol. The summed E-state index contributed by atoms with van der Waals surface area (Å²) in [5, 5.41) is 3.25. The maximum absolute atomic E-state index is 11.2. The third kappa shape index (κ3) is 5.94. The average molecular weight is 333 g/mol. The van der Waals surface area contributed by atoms with Gasteiger partial charge in [-0.15, -0.1) is 0 Å². The molecule has 0 aliphatic carbocycles. The molecule has 0 amide bonds. The molecule has 1 N–H and O–H groups in total. The van der Waals surface area contributed by atoms with Crippen molar-refractivity contribution in [1.29, 1.82) is 0 Å². The van der Waals surface area contributed by atoms with Gasteiger partial charge in [0.2, 0.25) is 0 Å². The third-order valence-electron chi connectivity index (χ3n) is 3.47. The summed E-state index contributed by atoms with van der Waals surface area (Å²) in [5.74, 6) is 0.951. The second-order valence-corrected chi connectivity index (χ2v) is 7.84. The molecule has 0 unspecified atom stereocenters. The van der Waals surface area contributed by atoms with E-state index in [9.17, 15) is 8.42 Å². The number of hydrogen-bond donors (Lipinski definition) is 1. The van der Waals surface area contributed by atoms with Crippen LogP contribution in [0.15, 0.2) is 54.6 Å². The lowest BCUT2D eigenvalue weighted by Gasteiger charge is -2.18. The van der Waals surface area contributed by atoms with Crippen LogP contribution in [-0.2, 0) is 9.84 Å². The largest absolute Gasteiger partial charge is 0.484 e. The van der Waals surface area contributed by atoms with Gasteiger partial charge in [-0.1, -0.05) is 42.5 Å². The zero-order valence-corrected chi connectivity index (χ0v) is 14.3. The fourth-order valence-corrected chi connectivity index (χ4v) is 2.92. The number of sulfone groups is 1. The molecule has 0 heterocycles. The first kappa shape index (κ1) is 17.3. The fourth-order valence-electron chi connectivity index (χ4n) is 2.26. The van der Waals surface area contributed by atoms with Crippen molar-refractivity contribution in [2.45, 2.75) is 19.4 Å². The summed E-state index contributed by atoms with van der Waals surface area (Å²) in [7, 11) is -2.91. The maximum atomic E-state index is 11.2. The Morgan fingerprint density at radius 3 is 2.39 bits per heavy atom. The summed E-state index contributed by atoms with van der Waals surface area (Å²) in [6.45, 7) is 2.60. The molecule has 4 nitrogen and oxygen atoms in total. The molecule has 0 aromatic heterocycles. The monoisotopic (exact) mass is 333 g/mol. The first-order valence-electron chi connectivity index (χ1n) is 7.68. The Balaban J connectivity index is 1.97. The van der Waals surface area contributed by atoms with Gasteiger partial charge < -0.3 is 10.1 Å². The standard InChI is InChI=1S/C18H23NO3S/c1-15(16-9-4-3-5-10-16)22-18-12-7-6-11-17(18)19-13-8-14-23(2,20)21/h3-7,9-12,15,19H,8,13-14H2,1-2H3/t15-/m0/s1. The van der Waals surface area contributed by atoms with Crippen molar-refractivity contribution in [3.63, 3.8) is 0 Å². The van der Waals surface area contributed by atoms with Crippen LogP contribution in [0.4, 0.5) is 5.69 Å². The number of benzene rings is 2. The molecule has 0 saturated heterocycles. The molecule has 0 saturated carbocycles. The Bertz CT molecular complexity index is 714. The van der Waals surface area contributed by atoms with Crippen molar-refractivity contribution >= 4 is 15.5 Å². The number of ether oxygens (including phenoxy) is 1. The van der Waals surface area contributed by atoms with Crippen LogP contribution in [0.5, 0.6) is 5.75 Å². The van der Waals surface area contributed by atoms with Gasteiger partial charge in [-0.25, -0.2) is 8.42 Å². The smallest absolute Gasteiger partial charge is 0.147 e. The third-order valence-corrected chi connectivity index (χ3v) is 4.50. The SMILES string of the molecule is C[C@H](Oc1ccccc1NCCCS(C)(=O)=O)c1ccccc1. The molecule has 1 atom stereocenters. The van der Waals surface area contributed by atoms with Crippen molar-refractivity contribution in [1.82, 2.24) is 0 Å². The van der Waals surface area contributed by atoms with Crippen molar-refractivity contribution in [2.24, 2.45) is 0 Å². The zero-order valence-electron chi connectivity index (χ0n) is 13.5. The van der Waals surface area contributed by atoms with Crippen LogP contribution < -0.4 is 10.1 Å². The highest BCUT2D eigenvalue weighted by atomic mass is 32.2. The van der Waals surface area contributed by atoms with Crippen molar-refractivity contribution < 1.29 is 13.2 Å². The zero-order chi connectivity index (χ0) is 16.7. The Morgan fingerprint density at radius 1 is 1.04 bits per heavy atom. The van der Waals surface area contributed by atoms with E-state index >= 15 is 0 Å². The topological polar surface area (TPSA) is 55.4 Å². The second-order valence-electron chi connectivity index (χ2n) is 5.58. The van der Waals surface area contributed by atoms with Crippen molar-refractivity contribution in [2.75, 3.05) is 23.9 Å². The highest BCUT2D eigenvalue weighted by Crippen LogP contribution is 2.28. The lowest BCUT2D eigenvalue weighted by molar-refractivity contribution is 0.228. The summed E-state index contributed by atoms with van der Waals surface area (Å²) < 4.78 is 28.4. The first-order chi connectivity index (χ1) is 11.0. The average Bonchev–Trinajstić information content (AvgIpc) is 2.53. The van der Waals surface area contributed by atoms with Gasteiger partial charge in [-0.2, -0.15) is 0 Å². The molecular formula is C18H23NO3S. The number of nitrogens with one attached hydrogen (secondary N) is 1. The van der Waals surface area contributed by atoms with Crippen LogP contribution in [-0.4, -0.2) is 27.0 Å². The lowest BCUT2D eigenvalue weighted by atomic mass is 10.1. The van der Waals surface area contributed by atoms with E-state index in [0.29, 0.717) is 13.0 Å². The number of rotatable bonds is 8. The quantitative estimate of drug-likeness (QED) is 0.749. The second kappa shape index (κ2) is 8.02. The van der Waals surface area contributed by atoms with E-state index in [2.05, 4.69) is 5.32 Å². The van der Waals surface area contributed by atoms with Gasteiger partial charge in [-0.3, -0.25) is 0 Å². The van der Waals surface area contributed by atoms with Crippen LogP contribution in [0.1, 0.15) is 25.0 Å². The van der Waals surface area contributed by atoms with Gasteiger partial charge in [0.05, 0.1) is 11.4 Å². The van der Waals surface area contributed by atoms with Crippen LogP contribution >= 0.6 is 0 Å². The van der Waals surface area contributed by atoms with Gasteiger partial charge >= 0.3 is 0 Å². The molecule has 124 valence electrons. The minimum absolute atomic E-state index is 0.0600. The summed E-state index contributed by atoms with van der Waals surface area (Å²) in [4.78, 5) is 0. The van der Waals surface area contributed by atoms with Crippen LogP contribution in [0.2, 0.25) is 0 Å². The predicted octanol–water partition coefficient (Wildman–Crippen LogP) is 3.67. The molecule has 2 rings (SSSR count). The molecule has 0 spiro atoms. The lowest BCUT2D eigenvalue weighted by Crippen LogP contribution is -2.11. The van der Waals surface area contributed by atoms with Gasteiger partial charge in [0.15, 0.2) is 0 Å². The molecule has 23 heavy (non-hydrogen) atoms. The Labute approximate surface area is 138 Å². The van der Waals surface area contributed by atoms with E-state index in [1.54, 1.807) is 0 Å². The van der Waals surface area contributed by atoms with E-state index in [4.69, 9.17) is 4.74 Å². The number of para-hydroxylation sites is 2. The molecule has 2 aromatic carbocycles. The minimum atomic E-state index is -2.91. The van der Waals surface area contributed by atoms with Crippen molar-refractivity contribution in [3.05, 3.63) is 60.2 Å². The number of hydrogen-bond acceptors (Lipinski definition) is 4. The fraction of sp³-hybridized carbons (Fsp3) is 0.333. The summed E-state index contributed by atoms with van der Waals surface area (Å²) >= 11 is 0. The van der Waals surface area contributed by atoms with E-state index < -0.39 is 9.84 Å². The molecule has 0 fully saturated rings. The summed E-state index contributed by atoms with van der Waals surface area (Å²) in [6, 6.07) is 17.7. The van der Waals surface area contributed by atoms with Crippen molar-refractivity contribution in [3.8, 4) is 5.75 Å². The molecule has 0 aliphatic heterocycles. The highest BCUT2D eigenvalue weighted by molar-refractivity contribution is 7.90. The molecule has 2 aromatic rings. The van der Waals surface area contributed by atoms with Crippen LogP contribution in [0.25, 0.3) is 0 Å². The minimum Gasteiger partial charge on any atom is -0.484 e. The number of anilines is 1. The Kier molecular flexibility index (Phi) is 6.04. The van der Waals surface area contributed by atoms with E-state index in [-0.39, 0.29) is 11.9 Å². The normalized spacial score (nSPS) is 12.6. The van der Waals surface area contributed by atoms with Crippen LogP contribution in [0, 0.1) is 0 Å². The molecule has 0 bridgehead atoms. The molecule has 0 radical (unpaired) electrons. The Morgan fingerprint density at radius 2 is 1.70 bits per heavy atom. The molecule has 5 heteroatoms. The summed E-state index contributed by atoms with van der Waals surface area (Å²) in [6.07, 6.45) is 1.77. The highest BCUT2D eigenvalue weighted by Gasteiger charge is 2.10.